The molecule has 1 unspecified atom stereocenters. The van der Waals surface area contributed by atoms with Gasteiger partial charge in [-0.3, -0.25) is 4.79 Å². The Hall–Kier alpha value is -3.61. The number of carbonyl (C=O) groups excluding carboxylic acids is 1. The molecule has 0 N–H and O–H groups in total. The third-order valence-electron chi connectivity index (χ3n) is 6.78. The van der Waals surface area contributed by atoms with Crippen LogP contribution in [0.2, 0.25) is 0 Å². The third kappa shape index (κ3) is 3.57. The van der Waals surface area contributed by atoms with E-state index < -0.39 is 0 Å². The van der Waals surface area contributed by atoms with Crippen LogP contribution in [-0.4, -0.2) is 43.8 Å². The second-order valence-electron chi connectivity index (χ2n) is 8.66. The summed E-state index contributed by atoms with van der Waals surface area (Å²) >= 11 is 0. The zero-order valence-electron chi connectivity index (χ0n) is 19.6. The summed E-state index contributed by atoms with van der Waals surface area (Å²) in [6.07, 6.45) is 3.17. The Morgan fingerprint density at radius 2 is 1.91 bits per heavy atom. The maximum Gasteiger partial charge on any atom is 0.242 e. The van der Waals surface area contributed by atoms with E-state index in [1.165, 1.54) is 0 Å². The van der Waals surface area contributed by atoms with Crippen LogP contribution in [0.3, 0.4) is 0 Å². The molecule has 1 aliphatic rings. The quantitative estimate of drug-likeness (QED) is 0.468. The first-order valence-corrected chi connectivity index (χ1v) is 11.4. The first-order chi connectivity index (χ1) is 16.0. The molecule has 0 bridgehead atoms. The van der Waals surface area contributed by atoms with E-state index in [1.54, 1.807) is 11.8 Å². The minimum atomic E-state index is -0.0660. The van der Waals surface area contributed by atoms with Crippen LogP contribution in [0.4, 0.5) is 0 Å². The molecule has 170 valence electrons. The predicted molar refractivity (Wildman–Crippen MR) is 127 cm³/mol. The molecule has 0 saturated carbocycles. The fraction of sp³-hybridized carbons (Fsp3) is 0.346. The van der Waals surface area contributed by atoms with Gasteiger partial charge in [-0.25, -0.2) is 9.67 Å². The zero-order chi connectivity index (χ0) is 23.1. The van der Waals surface area contributed by atoms with Crippen LogP contribution in [0, 0.1) is 13.8 Å². The molecular formula is C26H29N5O2. The van der Waals surface area contributed by atoms with Crippen LogP contribution in [0.5, 0.6) is 5.88 Å². The van der Waals surface area contributed by atoms with Crippen LogP contribution in [0.1, 0.15) is 40.5 Å². The number of hydrogen-bond donors (Lipinski definition) is 0. The Morgan fingerprint density at radius 1 is 1.12 bits per heavy atom. The highest BCUT2D eigenvalue weighted by molar-refractivity contribution is 5.86. The van der Waals surface area contributed by atoms with Crippen LogP contribution in [-0.2, 0) is 24.8 Å². The monoisotopic (exact) mass is 443 g/mol. The molecule has 1 atom stereocenters. The highest BCUT2D eigenvalue weighted by Gasteiger charge is 2.32. The Kier molecular flexibility index (Phi) is 5.40. The van der Waals surface area contributed by atoms with Gasteiger partial charge in [0.25, 0.3) is 0 Å². The number of methoxy groups -OCH3 is 1. The Bertz CT molecular complexity index is 1320. The minimum Gasteiger partial charge on any atom is -0.479 e. The topological polar surface area (TPSA) is 65.2 Å². The fourth-order valence-electron chi connectivity index (χ4n) is 5.12. The van der Waals surface area contributed by atoms with Gasteiger partial charge in [0, 0.05) is 44.1 Å². The van der Waals surface area contributed by atoms with Crippen molar-refractivity contribution in [2.45, 2.75) is 39.3 Å². The molecular weight excluding hydrogens is 414 g/mol. The fourth-order valence-corrected chi connectivity index (χ4v) is 5.12. The molecule has 7 heteroatoms. The Balaban J connectivity index is 1.44. The number of hydrogen-bond acceptors (Lipinski definition) is 4. The predicted octanol–water partition coefficient (Wildman–Crippen LogP) is 3.96. The standard InChI is InChI=1S/C26H29N5O2/c1-17-20(18(2)27-25-23(17)26(33-4)28-29(25)3)12-13-22(32)31-16-15-30-14-8-11-21(30)24(31)19-9-6-5-7-10-19/h5-11,14,24H,12-13,15-16H2,1-4H3. The van der Waals surface area contributed by atoms with Crippen molar-refractivity contribution >= 4 is 16.9 Å². The summed E-state index contributed by atoms with van der Waals surface area (Å²) in [6, 6.07) is 14.4. The largest absolute Gasteiger partial charge is 0.479 e. The van der Waals surface area contributed by atoms with Gasteiger partial charge in [-0.1, -0.05) is 30.3 Å². The number of fused-ring (bicyclic) bond motifs is 2. The van der Waals surface area contributed by atoms with Gasteiger partial charge in [-0.15, -0.1) is 5.10 Å². The van der Waals surface area contributed by atoms with Crippen molar-refractivity contribution in [1.29, 1.82) is 0 Å². The molecule has 0 fully saturated rings. The summed E-state index contributed by atoms with van der Waals surface area (Å²) in [7, 11) is 3.50. The molecule has 3 aromatic heterocycles. The number of rotatable bonds is 5. The molecule has 4 heterocycles. The number of pyridine rings is 1. The number of carbonyl (C=O) groups is 1. The van der Waals surface area contributed by atoms with Crippen LogP contribution in [0.25, 0.3) is 11.0 Å². The molecule has 4 aromatic rings. The van der Waals surface area contributed by atoms with Gasteiger partial charge in [0.2, 0.25) is 11.8 Å². The number of aromatic nitrogens is 4. The second kappa shape index (κ2) is 8.39. The van der Waals surface area contributed by atoms with Crippen LogP contribution < -0.4 is 4.74 Å². The van der Waals surface area contributed by atoms with E-state index in [-0.39, 0.29) is 11.9 Å². The van der Waals surface area contributed by atoms with E-state index in [2.05, 4.69) is 47.1 Å². The van der Waals surface area contributed by atoms with E-state index in [0.29, 0.717) is 25.3 Å². The minimum absolute atomic E-state index is 0.0660. The van der Waals surface area contributed by atoms with Gasteiger partial charge in [0.05, 0.1) is 18.5 Å². The maximum atomic E-state index is 13.6. The van der Waals surface area contributed by atoms with E-state index in [1.807, 2.05) is 37.1 Å². The highest BCUT2D eigenvalue weighted by Crippen LogP contribution is 2.34. The summed E-state index contributed by atoms with van der Waals surface area (Å²) in [5.41, 5.74) is 6.22. The summed E-state index contributed by atoms with van der Waals surface area (Å²) < 4.78 is 9.48. The second-order valence-corrected chi connectivity index (χ2v) is 8.66. The SMILES string of the molecule is COc1nn(C)c2nc(C)c(CCC(=O)N3CCn4cccc4C3c3ccccc3)c(C)c12. The van der Waals surface area contributed by atoms with Gasteiger partial charge >= 0.3 is 0 Å². The molecule has 0 spiro atoms. The molecule has 5 rings (SSSR count). The third-order valence-corrected chi connectivity index (χ3v) is 6.78. The molecule has 1 amide bonds. The smallest absolute Gasteiger partial charge is 0.242 e. The molecule has 33 heavy (non-hydrogen) atoms. The number of benzene rings is 1. The maximum absolute atomic E-state index is 13.6. The summed E-state index contributed by atoms with van der Waals surface area (Å²) in [5, 5.41) is 5.36. The number of aryl methyl sites for hydroxylation is 3. The van der Waals surface area contributed by atoms with Crippen molar-refractivity contribution in [2.24, 2.45) is 7.05 Å². The van der Waals surface area contributed by atoms with Crippen molar-refractivity contribution in [3.8, 4) is 5.88 Å². The number of amides is 1. The summed E-state index contributed by atoms with van der Waals surface area (Å²) in [5.74, 6) is 0.736. The molecule has 0 aliphatic carbocycles. The molecule has 0 radical (unpaired) electrons. The average Bonchev–Trinajstić information content (AvgIpc) is 3.43. The molecule has 1 aromatic carbocycles. The lowest BCUT2D eigenvalue weighted by molar-refractivity contribution is -0.133. The normalized spacial score (nSPS) is 15.6. The number of ether oxygens (including phenoxy) is 1. The van der Waals surface area contributed by atoms with E-state index in [9.17, 15) is 4.79 Å². The summed E-state index contributed by atoms with van der Waals surface area (Å²) in [4.78, 5) is 20.4. The zero-order valence-corrected chi connectivity index (χ0v) is 19.6. The van der Waals surface area contributed by atoms with Gasteiger partial charge in [-0.05, 0) is 49.1 Å². The van der Waals surface area contributed by atoms with Crippen molar-refractivity contribution in [1.82, 2.24) is 24.2 Å². The molecule has 0 saturated heterocycles. The lowest BCUT2D eigenvalue weighted by Crippen LogP contribution is -2.42. The van der Waals surface area contributed by atoms with Crippen LogP contribution in [0.15, 0.2) is 48.7 Å². The van der Waals surface area contributed by atoms with Crippen molar-refractivity contribution in [3.63, 3.8) is 0 Å². The first kappa shape index (κ1) is 21.2. The van der Waals surface area contributed by atoms with Gasteiger partial charge in [-0.2, -0.15) is 0 Å². The van der Waals surface area contributed by atoms with E-state index in [0.717, 1.165) is 45.7 Å². The Labute approximate surface area is 193 Å². The van der Waals surface area contributed by atoms with E-state index >= 15 is 0 Å². The first-order valence-electron chi connectivity index (χ1n) is 11.4. The lowest BCUT2D eigenvalue weighted by atomic mass is 9.97. The number of nitrogens with zero attached hydrogens (tertiary/aromatic N) is 5. The van der Waals surface area contributed by atoms with Gasteiger partial charge in [0.15, 0.2) is 5.65 Å². The Morgan fingerprint density at radius 3 is 2.67 bits per heavy atom. The van der Waals surface area contributed by atoms with Crippen molar-refractivity contribution in [2.75, 3.05) is 13.7 Å². The summed E-state index contributed by atoms with van der Waals surface area (Å²) in [6.45, 7) is 5.59. The van der Waals surface area contributed by atoms with Crippen LogP contribution >= 0.6 is 0 Å². The lowest BCUT2D eigenvalue weighted by Gasteiger charge is -2.37. The molecule has 1 aliphatic heterocycles. The average molecular weight is 444 g/mol. The molecule has 7 nitrogen and oxygen atoms in total. The van der Waals surface area contributed by atoms with Gasteiger partial charge in [0.1, 0.15) is 0 Å². The van der Waals surface area contributed by atoms with Crippen molar-refractivity contribution < 1.29 is 9.53 Å². The van der Waals surface area contributed by atoms with Crippen molar-refractivity contribution in [3.05, 3.63) is 76.7 Å². The van der Waals surface area contributed by atoms with E-state index in [4.69, 9.17) is 9.72 Å². The highest BCUT2D eigenvalue weighted by atomic mass is 16.5. The van der Waals surface area contributed by atoms with Gasteiger partial charge < -0.3 is 14.2 Å².